The maximum Gasteiger partial charge on any atom is 0.161 e. The van der Waals surface area contributed by atoms with Crippen molar-refractivity contribution in [2.45, 2.75) is 58.3 Å². The van der Waals surface area contributed by atoms with Gasteiger partial charge < -0.3 is 19.3 Å². The minimum atomic E-state index is -0.513. The Labute approximate surface area is 201 Å². The predicted octanol–water partition coefficient (Wildman–Crippen LogP) is 3.66. The van der Waals surface area contributed by atoms with Crippen molar-refractivity contribution < 1.29 is 14.6 Å². The van der Waals surface area contributed by atoms with E-state index in [4.69, 9.17) is 16.3 Å². The molecule has 0 spiro atoms. The van der Waals surface area contributed by atoms with Crippen LogP contribution in [0.4, 0.5) is 0 Å². The normalized spacial score (nSPS) is 22.1. The number of hydrogen-bond acceptors (Lipinski definition) is 4. The Hall–Kier alpha value is -2.34. The molecule has 3 rings (SSSR count). The number of fused-ring (bicyclic) bond motifs is 1. The number of likely N-dealkylation sites (tertiary alicyclic amines) is 1. The highest BCUT2D eigenvalue weighted by Crippen LogP contribution is 2.17. The molecule has 1 aliphatic heterocycles. The summed E-state index contributed by atoms with van der Waals surface area (Å²) in [4.78, 5) is 14.4. The predicted molar refractivity (Wildman–Crippen MR) is 135 cm³/mol. The van der Waals surface area contributed by atoms with E-state index in [9.17, 15) is 9.90 Å². The third-order valence-corrected chi connectivity index (χ3v) is 6.33. The van der Waals surface area contributed by atoms with Crippen LogP contribution in [0.3, 0.4) is 0 Å². The number of piperidine rings is 1. The van der Waals surface area contributed by atoms with Crippen LogP contribution in [0.25, 0.3) is 12.2 Å². The number of aliphatic hydroxyl groups is 1. The summed E-state index contributed by atoms with van der Waals surface area (Å²) in [6.07, 6.45) is 18.8. The fourth-order valence-corrected chi connectivity index (χ4v) is 4.42. The van der Waals surface area contributed by atoms with E-state index in [1.807, 2.05) is 35.9 Å². The van der Waals surface area contributed by atoms with Crippen LogP contribution in [0.5, 0.6) is 0 Å². The number of halogens is 1. The Morgan fingerprint density at radius 1 is 1.27 bits per heavy atom. The number of ketones is 1. The fraction of sp³-hybridized carbons (Fsp3) is 0.444. The van der Waals surface area contributed by atoms with Crippen molar-refractivity contribution in [1.29, 1.82) is 0 Å². The third-order valence-electron chi connectivity index (χ3n) is 6.05. The first kappa shape index (κ1) is 25.3. The molecule has 1 aromatic heterocycles. The molecule has 1 aromatic rings. The molecule has 1 N–H and O–H groups in total. The quantitative estimate of drug-likeness (QED) is 0.340. The van der Waals surface area contributed by atoms with Gasteiger partial charge in [0, 0.05) is 53.5 Å². The van der Waals surface area contributed by atoms with E-state index in [0.29, 0.717) is 23.7 Å². The molecule has 6 heteroatoms. The topological polar surface area (TPSA) is 54.7 Å². The zero-order chi connectivity index (χ0) is 23.8. The van der Waals surface area contributed by atoms with E-state index in [2.05, 4.69) is 23.6 Å². The van der Waals surface area contributed by atoms with E-state index >= 15 is 0 Å². The van der Waals surface area contributed by atoms with Crippen molar-refractivity contribution in [2.24, 2.45) is 0 Å². The number of nitrogens with zero attached hydrogens (tertiary/aromatic N) is 2. The molecular formula is C27H35ClN2O3. The van der Waals surface area contributed by atoms with Crippen molar-refractivity contribution in [3.8, 4) is 0 Å². The van der Waals surface area contributed by atoms with Crippen molar-refractivity contribution in [1.82, 2.24) is 9.47 Å². The smallest absolute Gasteiger partial charge is 0.161 e. The van der Waals surface area contributed by atoms with Crippen LogP contribution in [0, 0.1) is 0 Å². The summed E-state index contributed by atoms with van der Waals surface area (Å²) < 4.78 is 8.07. The molecule has 2 aliphatic rings. The molecule has 1 atom stereocenters. The van der Waals surface area contributed by atoms with E-state index in [-0.39, 0.29) is 11.9 Å². The Balaban J connectivity index is 1.57. The standard InChI is InChI=1S/C27H35ClN2O3/c1-4-22(28)12-11-20(2)33-24-13-15-29(16-14-24)17-23(32)18-30-19-26(21(3)31)25-9-7-5-6-8-10-27(25)30/h4-5,7,9-12,19,23-24,32H,1,6,8,13-18H2,2-3H3/b7-5-,20-11+,22-12+,25-9-,27-10+. The molecule has 0 radical (unpaired) electrons. The SMILES string of the molecule is C=C/C(Cl)=C\C=C(/C)OC1CCN(CC(O)Cn2cc(C(C)=O)c3/c2=C\CC/C=C\C=3)CC1. The van der Waals surface area contributed by atoms with E-state index < -0.39 is 6.10 Å². The molecular weight excluding hydrogens is 436 g/mol. The van der Waals surface area contributed by atoms with Gasteiger partial charge in [0.15, 0.2) is 5.78 Å². The Morgan fingerprint density at radius 3 is 2.73 bits per heavy atom. The van der Waals surface area contributed by atoms with Crippen LogP contribution < -0.4 is 10.6 Å². The Kier molecular flexibility index (Phi) is 9.36. The van der Waals surface area contributed by atoms with Gasteiger partial charge in [-0.05, 0) is 51.7 Å². The molecule has 5 nitrogen and oxygen atoms in total. The monoisotopic (exact) mass is 470 g/mol. The number of rotatable bonds is 9. The summed E-state index contributed by atoms with van der Waals surface area (Å²) in [5, 5.41) is 13.4. The van der Waals surface area contributed by atoms with Gasteiger partial charge in [-0.2, -0.15) is 0 Å². The number of carbonyl (C=O) groups excluding carboxylic acids is 1. The van der Waals surface area contributed by atoms with Gasteiger partial charge in [0.2, 0.25) is 0 Å². The highest BCUT2D eigenvalue weighted by molar-refractivity contribution is 6.31. The van der Waals surface area contributed by atoms with Crippen LogP contribution in [0.1, 0.15) is 49.9 Å². The van der Waals surface area contributed by atoms with E-state index in [1.165, 1.54) is 0 Å². The Morgan fingerprint density at radius 2 is 2.03 bits per heavy atom. The molecule has 1 aliphatic carbocycles. The lowest BCUT2D eigenvalue weighted by Crippen LogP contribution is -2.43. The summed E-state index contributed by atoms with van der Waals surface area (Å²) in [6, 6.07) is 0. The van der Waals surface area contributed by atoms with Crippen LogP contribution in [-0.4, -0.2) is 52.2 Å². The molecule has 0 saturated carbocycles. The number of aromatic nitrogens is 1. The zero-order valence-electron chi connectivity index (χ0n) is 19.7. The average Bonchev–Trinajstić information content (AvgIpc) is 3.09. The van der Waals surface area contributed by atoms with E-state index in [1.54, 1.807) is 19.1 Å². The Bertz CT molecular complexity index is 1060. The largest absolute Gasteiger partial charge is 0.495 e. The molecule has 0 bridgehead atoms. The molecule has 1 unspecified atom stereocenters. The number of Topliss-reactive ketones (excluding diaryl/α,β-unsaturated/α-hetero) is 1. The number of carbonyl (C=O) groups is 1. The van der Waals surface area contributed by atoms with Crippen molar-refractivity contribution in [2.75, 3.05) is 19.6 Å². The maximum absolute atomic E-state index is 12.2. The van der Waals surface area contributed by atoms with Gasteiger partial charge in [-0.25, -0.2) is 0 Å². The summed E-state index contributed by atoms with van der Waals surface area (Å²) in [7, 11) is 0. The van der Waals surface area contributed by atoms with Gasteiger partial charge in [0.1, 0.15) is 6.10 Å². The minimum Gasteiger partial charge on any atom is -0.495 e. The van der Waals surface area contributed by atoms with Crippen LogP contribution in [0.15, 0.2) is 53.9 Å². The van der Waals surface area contributed by atoms with Crippen LogP contribution in [0.2, 0.25) is 0 Å². The molecule has 1 fully saturated rings. The minimum absolute atomic E-state index is 0.0479. The lowest BCUT2D eigenvalue weighted by atomic mass is 10.1. The molecule has 33 heavy (non-hydrogen) atoms. The van der Waals surface area contributed by atoms with Gasteiger partial charge in [-0.3, -0.25) is 4.79 Å². The van der Waals surface area contributed by atoms with Crippen LogP contribution >= 0.6 is 11.6 Å². The second kappa shape index (κ2) is 12.2. The number of aliphatic hydroxyl groups excluding tert-OH is 1. The summed E-state index contributed by atoms with van der Waals surface area (Å²) >= 11 is 5.94. The second-order valence-corrected chi connectivity index (χ2v) is 9.17. The van der Waals surface area contributed by atoms with Crippen molar-refractivity contribution in [3.63, 3.8) is 0 Å². The number of β-amino-alcohol motifs (C(OH)–C–C–N with tert-alkyl or cyclic N) is 1. The molecule has 1 saturated heterocycles. The van der Waals surface area contributed by atoms with Gasteiger partial charge in [-0.1, -0.05) is 48.6 Å². The molecule has 0 aromatic carbocycles. The van der Waals surface area contributed by atoms with Crippen molar-refractivity contribution in [3.05, 3.63) is 70.1 Å². The second-order valence-electron chi connectivity index (χ2n) is 8.73. The lowest BCUT2D eigenvalue weighted by Gasteiger charge is -2.33. The highest BCUT2D eigenvalue weighted by atomic mass is 35.5. The van der Waals surface area contributed by atoms with Crippen LogP contribution in [-0.2, 0) is 11.3 Å². The van der Waals surface area contributed by atoms with Gasteiger partial charge >= 0.3 is 0 Å². The van der Waals surface area contributed by atoms with Gasteiger partial charge in [0.25, 0.3) is 0 Å². The fourth-order valence-electron chi connectivity index (χ4n) is 4.36. The van der Waals surface area contributed by atoms with Gasteiger partial charge in [-0.15, -0.1) is 0 Å². The summed E-state index contributed by atoms with van der Waals surface area (Å²) in [5.41, 5.74) is 0.714. The number of ether oxygens (including phenoxy) is 1. The van der Waals surface area contributed by atoms with Gasteiger partial charge in [0.05, 0.1) is 11.9 Å². The molecule has 0 amide bonds. The first-order chi connectivity index (χ1) is 15.9. The highest BCUT2D eigenvalue weighted by Gasteiger charge is 2.22. The van der Waals surface area contributed by atoms with E-state index in [0.717, 1.165) is 55.1 Å². The third kappa shape index (κ3) is 7.32. The summed E-state index contributed by atoms with van der Waals surface area (Å²) in [5.74, 6) is 0.883. The average molecular weight is 471 g/mol. The number of hydrogen-bond donors (Lipinski definition) is 1. The maximum atomic E-state index is 12.2. The molecule has 2 heterocycles. The lowest BCUT2D eigenvalue weighted by molar-refractivity contribution is 0.0284. The first-order valence-electron chi connectivity index (χ1n) is 11.7. The van der Waals surface area contributed by atoms with Crippen molar-refractivity contribution >= 4 is 29.5 Å². The zero-order valence-corrected chi connectivity index (χ0v) is 20.4. The summed E-state index contributed by atoms with van der Waals surface area (Å²) in [6.45, 7) is 9.99. The first-order valence-corrected chi connectivity index (χ1v) is 12.1. The number of allylic oxidation sites excluding steroid dienone is 7. The molecule has 178 valence electrons.